The number of aryl methyl sites for hydroxylation is 2. The molecule has 0 spiro atoms. The Balaban J connectivity index is 2.63. The Bertz CT molecular complexity index is 630. The summed E-state index contributed by atoms with van der Waals surface area (Å²) in [6.07, 6.45) is 2.26. The minimum atomic E-state index is 0.701. The molecule has 1 heterocycles. The lowest BCUT2D eigenvalue weighted by Gasteiger charge is -2.14. The Kier molecular flexibility index (Phi) is 4.38. The van der Waals surface area contributed by atoms with Gasteiger partial charge in [-0.3, -0.25) is 4.99 Å². The van der Waals surface area contributed by atoms with Crippen molar-refractivity contribution in [2.45, 2.75) is 33.6 Å². The van der Waals surface area contributed by atoms with Gasteiger partial charge in [0.15, 0.2) is 5.82 Å². The van der Waals surface area contributed by atoms with Gasteiger partial charge in [-0.15, -0.1) is 0 Å². The van der Waals surface area contributed by atoms with Crippen LogP contribution in [0.5, 0.6) is 0 Å². The first kappa shape index (κ1) is 14.5. The smallest absolute Gasteiger partial charge is 0.152 e. The summed E-state index contributed by atoms with van der Waals surface area (Å²) in [5.41, 5.74) is 4.40. The van der Waals surface area contributed by atoms with Crippen LogP contribution >= 0.6 is 0 Å². The van der Waals surface area contributed by atoms with E-state index in [0.717, 1.165) is 29.0 Å². The van der Waals surface area contributed by atoms with Gasteiger partial charge in [-0.1, -0.05) is 26.0 Å². The second kappa shape index (κ2) is 6.04. The van der Waals surface area contributed by atoms with Gasteiger partial charge in [-0.25, -0.2) is 4.98 Å². The number of nitrogens with one attached hydrogen (secondary N) is 1. The first-order valence-electron chi connectivity index (χ1n) is 7.15. The van der Waals surface area contributed by atoms with E-state index in [0.29, 0.717) is 5.92 Å². The fourth-order valence-electron chi connectivity index (χ4n) is 2.60. The molecule has 0 unspecified atom stereocenters. The fourth-order valence-corrected chi connectivity index (χ4v) is 2.60. The second-order valence-electron chi connectivity index (χ2n) is 5.59. The average Bonchev–Trinajstić information content (AvgIpc) is 2.44. The highest BCUT2D eigenvalue weighted by Crippen LogP contribution is 2.34. The molecule has 2 rings (SSSR count). The standard InChI is InChI=1S/C17H23N3/c1-11(2)9-10-13-7-6-8-14-15(13)12(3)16(18-4)17(19-5)20-14/h6-8,11H,4,9-10H2,1-3,5H3,(H,19,20). The highest BCUT2D eigenvalue weighted by molar-refractivity contribution is 5.93. The van der Waals surface area contributed by atoms with Crippen molar-refractivity contribution in [3.63, 3.8) is 0 Å². The Labute approximate surface area is 121 Å². The second-order valence-corrected chi connectivity index (χ2v) is 5.59. The lowest BCUT2D eigenvalue weighted by Crippen LogP contribution is -1.99. The SMILES string of the molecule is C=Nc1c(NC)nc2cccc(CCC(C)C)c2c1C. The van der Waals surface area contributed by atoms with Crippen LogP contribution in [0.3, 0.4) is 0 Å². The normalized spacial score (nSPS) is 11.1. The minimum absolute atomic E-state index is 0.701. The Morgan fingerprint density at radius 2 is 2.10 bits per heavy atom. The summed E-state index contributed by atoms with van der Waals surface area (Å²) in [6.45, 7) is 10.3. The summed E-state index contributed by atoms with van der Waals surface area (Å²) in [4.78, 5) is 8.82. The van der Waals surface area contributed by atoms with Crippen LogP contribution < -0.4 is 5.32 Å². The van der Waals surface area contributed by atoms with E-state index < -0.39 is 0 Å². The van der Waals surface area contributed by atoms with E-state index in [2.05, 4.69) is 61.0 Å². The average molecular weight is 269 g/mol. The number of hydrogen-bond acceptors (Lipinski definition) is 3. The third-order valence-electron chi connectivity index (χ3n) is 3.70. The van der Waals surface area contributed by atoms with Gasteiger partial charge < -0.3 is 5.32 Å². The van der Waals surface area contributed by atoms with E-state index in [4.69, 9.17) is 0 Å². The molecule has 0 aliphatic rings. The van der Waals surface area contributed by atoms with Crippen LogP contribution in [0.15, 0.2) is 23.2 Å². The third kappa shape index (κ3) is 2.67. The van der Waals surface area contributed by atoms with Crippen LogP contribution in [0.2, 0.25) is 0 Å². The first-order chi connectivity index (χ1) is 9.58. The van der Waals surface area contributed by atoms with Crippen LogP contribution in [0.25, 0.3) is 10.9 Å². The summed E-state index contributed by atoms with van der Waals surface area (Å²) in [7, 11) is 1.87. The molecular formula is C17H23N3. The Hall–Kier alpha value is -1.90. The van der Waals surface area contributed by atoms with E-state index in [1.165, 1.54) is 17.4 Å². The van der Waals surface area contributed by atoms with Crippen LogP contribution in [0.4, 0.5) is 11.5 Å². The number of aromatic nitrogens is 1. The number of nitrogens with zero attached hydrogens (tertiary/aromatic N) is 2. The number of aliphatic imine (C=N–C) groups is 1. The zero-order valence-corrected chi connectivity index (χ0v) is 12.8. The van der Waals surface area contributed by atoms with Gasteiger partial charge in [0.1, 0.15) is 5.69 Å². The zero-order chi connectivity index (χ0) is 14.7. The van der Waals surface area contributed by atoms with Crippen molar-refractivity contribution in [1.29, 1.82) is 0 Å². The zero-order valence-electron chi connectivity index (χ0n) is 12.8. The fraction of sp³-hybridized carbons (Fsp3) is 0.412. The van der Waals surface area contributed by atoms with E-state index in [-0.39, 0.29) is 0 Å². The largest absolute Gasteiger partial charge is 0.371 e. The van der Waals surface area contributed by atoms with E-state index in [1.807, 2.05) is 7.05 Å². The summed E-state index contributed by atoms with van der Waals surface area (Å²) < 4.78 is 0. The molecule has 1 aromatic heterocycles. The molecule has 0 aliphatic heterocycles. The Morgan fingerprint density at radius 3 is 2.70 bits per heavy atom. The van der Waals surface area contributed by atoms with E-state index in [1.54, 1.807) is 0 Å². The molecule has 1 N–H and O–H groups in total. The molecule has 2 aromatic rings. The quantitative estimate of drug-likeness (QED) is 0.811. The van der Waals surface area contributed by atoms with Crippen LogP contribution in [-0.4, -0.2) is 18.7 Å². The highest BCUT2D eigenvalue weighted by Gasteiger charge is 2.13. The number of anilines is 1. The van der Waals surface area contributed by atoms with Gasteiger partial charge >= 0.3 is 0 Å². The number of hydrogen-bond donors (Lipinski definition) is 1. The summed E-state index contributed by atoms with van der Waals surface area (Å²) >= 11 is 0. The maximum Gasteiger partial charge on any atom is 0.152 e. The molecule has 0 aliphatic carbocycles. The molecule has 0 fully saturated rings. The van der Waals surface area contributed by atoms with Crippen molar-refractivity contribution in [2.24, 2.45) is 10.9 Å². The molecule has 0 atom stereocenters. The molecule has 20 heavy (non-hydrogen) atoms. The first-order valence-corrected chi connectivity index (χ1v) is 7.15. The lowest BCUT2D eigenvalue weighted by molar-refractivity contribution is 0.588. The predicted octanol–water partition coefficient (Wildman–Crippen LogP) is 4.51. The topological polar surface area (TPSA) is 37.3 Å². The third-order valence-corrected chi connectivity index (χ3v) is 3.70. The molecular weight excluding hydrogens is 246 g/mol. The highest BCUT2D eigenvalue weighted by atomic mass is 15.0. The molecule has 3 nitrogen and oxygen atoms in total. The van der Waals surface area contributed by atoms with Gasteiger partial charge in [-0.05, 0) is 49.6 Å². The van der Waals surface area contributed by atoms with Crippen molar-refractivity contribution in [3.05, 3.63) is 29.3 Å². The van der Waals surface area contributed by atoms with Gasteiger partial charge in [0.2, 0.25) is 0 Å². The lowest BCUT2D eigenvalue weighted by atomic mass is 9.96. The van der Waals surface area contributed by atoms with Gasteiger partial charge in [0.05, 0.1) is 5.52 Å². The summed E-state index contributed by atoms with van der Waals surface area (Å²) in [5, 5.41) is 4.34. The summed E-state index contributed by atoms with van der Waals surface area (Å²) in [5.74, 6) is 1.50. The maximum atomic E-state index is 4.67. The van der Waals surface area contributed by atoms with E-state index in [9.17, 15) is 0 Å². The van der Waals surface area contributed by atoms with Crippen LogP contribution in [-0.2, 0) is 6.42 Å². The monoisotopic (exact) mass is 269 g/mol. The number of benzene rings is 1. The number of rotatable bonds is 5. The molecule has 3 heteroatoms. The molecule has 0 amide bonds. The molecule has 0 bridgehead atoms. The van der Waals surface area contributed by atoms with Crippen molar-refractivity contribution in [3.8, 4) is 0 Å². The maximum absolute atomic E-state index is 4.67. The van der Waals surface area contributed by atoms with Crippen molar-refractivity contribution in [1.82, 2.24) is 4.98 Å². The van der Waals surface area contributed by atoms with Crippen LogP contribution in [0, 0.1) is 12.8 Å². The van der Waals surface area contributed by atoms with Gasteiger partial charge in [0.25, 0.3) is 0 Å². The van der Waals surface area contributed by atoms with Gasteiger partial charge in [0, 0.05) is 12.4 Å². The van der Waals surface area contributed by atoms with Crippen LogP contribution in [0.1, 0.15) is 31.4 Å². The predicted molar refractivity (Wildman–Crippen MR) is 88.4 cm³/mol. The van der Waals surface area contributed by atoms with Crippen molar-refractivity contribution in [2.75, 3.05) is 12.4 Å². The molecule has 0 radical (unpaired) electrons. The van der Waals surface area contributed by atoms with Crippen molar-refractivity contribution < 1.29 is 0 Å². The van der Waals surface area contributed by atoms with Crippen molar-refractivity contribution >= 4 is 29.1 Å². The molecule has 1 aromatic carbocycles. The molecule has 0 saturated heterocycles. The Morgan fingerprint density at radius 1 is 1.35 bits per heavy atom. The van der Waals surface area contributed by atoms with Gasteiger partial charge in [-0.2, -0.15) is 0 Å². The number of pyridine rings is 1. The van der Waals surface area contributed by atoms with E-state index >= 15 is 0 Å². The summed E-state index contributed by atoms with van der Waals surface area (Å²) in [6, 6.07) is 6.35. The minimum Gasteiger partial charge on any atom is -0.371 e. The molecule has 106 valence electrons. The number of fused-ring (bicyclic) bond motifs is 1. The molecule has 0 saturated carbocycles.